The van der Waals surface area contributed by atoms with Crippen molar-refractivity contribution >= 4 is 5.78 Å². The van der Waals surface area contributed by atoms with Gasteiger partial charge >= 0.3 is 0 Å². The summed E-state index contributed by atoms with van der Waals surface area (Å²) in [5.41, 5.74) is 0. The van der Waals surface area contributed by atoms with Crippen molar-refractivity contribution in [2.75, 3.05) is 0 Å². The van der Waals surface area contributed by atoms with Gasteiger partial charge in [0.05, 0.1) is 0 Å². The lowest BCUT2D eigenvalue weighted by molar-refractivity contribution is -0.123. The first-order chi connectivity index (χ1) is 8.84. The van der Waals surface area contributed by atoms with E-state index in [1.54, 1.807) is 0 Å². The average molecular weight is 252 g/mol. The summed E-state index contributed by atoms with van der Waals surface area (Å²) in [7, 11) is 0. The van der Waals surface area contributed by atoms with E-state index in [0.29, 0.717) is 11.7 Å². The second kappa shape index (κ2) is 10.6. The van der Waals surface area contributed by atoms with Crippen LogP contribution >= 0.6 is 0 Å². The Labute approximate surface area is 114 Å². The molecule has 0 aromatic rings. The summed E-state index contributed by atoms with van der Waals surface area (Å²) in [6, 6.07) is 0. The van der Waals surface area contributed by atoms with Crippen LogP contribution in [0, 0.1) is 5.92 Å². The molecule has 0 aromatic heterocycles. The fourth-order valence-electron chi connectivity index (χ4n) is 3.06. The van der Waals surface area contributed by atoms with E-state index in [2.05, 4.69) is 6.92 Å². The number of rotatable bonds is 10. The number of unbranched alkanes of at least 4 members (excludes halogenated alkanes) is 7. The summed E-state index contributed by atoms with van der Waals surface area (Å²) < 4.78 is 0. The fraction of sp³-hybridized carbons (Fsp3) is 0.941. The summed E-state index contributed by atoms with van der Waals surface area (Å²) in [6.45, 7) is 2.26. The van der Waals surface area contributed by atoms with E-state index in [0.717, 1.165) is 12.8 Å². The van der Waals surface area contributed by atoms with Crippen LogP contribution in [-0.4, -0.2) is 5.78 Å². The van der Waals surface area contributed by atoms with Crippen LogP contribution in [0.5, 0.6) is 0 Å². The molecule has 1 aliphatic rings. The Morgan fingerprint density at radius 3 is 2.00 bits per heavy atom. The zero-order valence-electron chi connectivity index (χ0n) is 12.4. The quantitative estimate of drug-likeness (QED) is 0.458. The second-order valence-electron chi connectivity index (χ2n) is 6.03. The monoisotopic (exact) mass is 252 g/mol. The van der Waals surface area contributed by atoms with Crippen LogP contribution in [0.25, 0.3) is 0 Å². The second-order valence-corrected chi connectivity index (χ2v) is 6.03. The Morgan fingerprint density at radius 2 is 1.39 bits per heavy atom. The van der Waals surface area contributed by atoms with Crippen molar-refractivity contribution in [3.63, 3.8) is 0 Å². The zero-order valence-corrected chi connectivity index (χ0v) is 12.4. The van der Waals surface area contributed by atoms with Gasteiger partial charge in [0.2, 0.25) is 0 Å². The molecule has 1 nitrogen and oxygen atoms in total. The molecular formula is C17H32O. The van der Waals surface area contributed by atoms with Crippen LogP contribution < -0.4 is 0 Å². The molecule has 0 spiro atoms. The Hall–Kier alpha value is -0.330. The third kappa shape index (κ3) is 7.18. The topological polar surface area (TPSA) is 17.1 Å². The van der Waals surface area contributed by atoms with E-state index in [1.807, 2.05) is 0 Å². The van der Waals surface area contributed by atoms with Gasteiger partial charge in [-0.05, 0) is 19.3 Å². The van der Waals surface area contributed by atoms with Crippen LogP contribution in [0.3, 0.4) is 0 Å². The lowest BCUT2D eigenvalue weighted by atomic mass is 9.84. The first-order valence-corrected chi connectivity index (χ1v) is 8.37. The largest absolute Gasteiger partial charge is 0.299 e. The van der Waals surface area contributed by atoms with Gasteiger partial charge in [0, 0.05) is 12.3 Å². The predicted octanol–water partition coefficient (Wildman–Crippen LogP) is 5.67. The number of ketones is 1. The number of carbonyl (C=O) groups excluding carboxylic acids is 1. The molecule has 1 rings (SSSR count). The summed E-state index contributed by atoms with van der Waals surface area (Å²) in [4.78, 5) is 12.0. The highest BCUT2D eigenvalue weighted by molar-refractivity contribution is 5.80. The number of hydrogen-bond donors (Lipinski definition) is 0. The van der Waals surface area contributed by atoms with Crippen molar-refractivity contribution in [2.45, 2.75) is 96.8 Å². The summed E-state index contributed by atoms with van der Waals surface area (Å²) >= 11 is 0. The lowest BCUT2D eigenvalue weighted by Gasteiger charge is -2.20. The van der Waals surface area contributed by atoms with E-state index >= 15 is 0 Å². The molecule has 1 aliphatic carbocycles. The van der Waals surface area contributed by atoms with Gasteiger partial charge in [0.1, 0.15) is 5.78 Å². The van der Waals surface area contributed by atoms with Crippen molar-refractivity contribution < 1.29 is 4.79 Å². The molecule has 0 N–H and O–H groups in total. The van der Waals surface area contributed by atoms with E-state index < -0.39 is 0 Å². The van der Waals surface area contributed by atoms with Crippen LogP contribution in [0.1, 0.15) is 96.8 Å². The molecule has 0 bridgehead atoms. The molecule has 0 radical (unpaired) electrons. The maximum atomic E-state index is 12.0. The highest BCUT2D eigenvalue weighted by Gasteiger charge is 2.19. The smallest absolute Gasteiger partial charge is 0.135 e. The molecule has 1 heteroatoms. The number of Topliss-reactive ketones (excluding diaryl/α,β-unsaturated/α-hetero) is 1. The molecule has 18 heavy (non-hydrogen) atoms. The molecule has 1 saturated carbocycles. The maximum Gasteiger partial charge on any atom is 0.135 e. The maximum absolute atomic E-state index is 12.0. The van der Waals surface area contributed by atoms with Crippen molar-refractivity contribution in [3.05, 3.63) is 0 Å². The summed E-state index contributed by atoms with van der Waals surface area (Å²) in [6.07, 6.45) is 17.8. The van der Waals surface area contributed by atoms with Crippen molar-refractivity contribution in [3.8, 4) is 0 Å². The molecule has 0 unspecified atom stereocenters. The third-order valence-electron chi connectivity index (χ3n) is 4.34. The van der Waals surface area contributed by atoms with Gasteiger partial charge in [0.25, 0.3) is 0 Å². The van der Waals surface area contributed by atoms with Crippen molar-refractivity contribution in [2.24, 2.45) is 5.92 Å². The number of carbonyl (C=O) groups is 1. The third-order valence-corrected chi connectivity index (χ3v) is 4.34. The first kappa shape index (κ1) is 15.7. The minimum atomic E-state index is 0.434. The van der Waals surface area contributed by atoms with Crippen LogP contribution in [0.2, 0.25) is 0 Å². The van der Waals surface area contributed by atoms with E-state index in [4.69, 9.17) is 0 Å². The Balaban J connectivity index is 1.89. The predicted molar refractivity (Wildman–Crippen MR) is 78.8 cm³/mol. The van der Waals surface area contributed by atoms with Gasteiger partial charge in [0.15, 0.2) is 0 Å². The fourth-order valence-corrected chi connectivity index (χ4v) is 3.06. The molecule has 0 saturated heterocycles. The van der Waals surface area contributed by atoms with Gasteiger partial charge in [-0.1, -0.05) is 71.1 Å². The molecule has 0 amide bonds. The van der Waals surface area contributed by atoms with Gasteiger partial charge in [-0.15, -0.1) is 0 Å². The van der Waals surface area contributed by atoms with Crippen molar-refractivity contribution in [1.82, 2.24) is 0 Å². The van der Waals surface area contributed by atoms with Gasteiger partial charge in [-0.25, -0.2) is 0 Å². The molecule has 1 fully saturated rings. The van der Waals surface area contributed by atoms with Gasteiger partial charge in [-0.3, -0.25) is 4.79 Å². The van der Waals surface area contributed by atoms with Crippen molar-refractivity contribution in [1.29, 1.82) is 0 Å². The van der Waals surface area contributed by atoms with Gasteiger partial charge < -0.3 is 0 Å². The lowest BCUT2D eigenvalue weighted by Crippen LogP contribution is -2.17. The minimum absolute atomic E-state index is 0.434. The van der Waals surface area contributed by atoms with E-state index in [9.17, 15) is 4.79 Å². The van der Waals surface area contributed by atoms with E-state index in [-0.39, 0.29) is 0 Å². The molecule has 0 heterocycles. The first-order valence-electron chi connectivity index (χ1n) is 8.37. The standard InChI is InChI=1S/C17H32O/c1-2-3-4-5-6-7-8-12-15-17(18)16-13-10-9-11-14-16/h16H,2-15H2,1H3. The Morgan fingerprint density at radius 1 is 0.833 bits per heavy atom. The summed E-state index contributed by atoms with van der Waals surface area (Å²) in [5.74, 6) is 1.00. The van der Waals surface area contributed by atoms with Crippen LogP contribution in [-0.2, 0) is 4.79 Å². The highest BCUT2D eigenvalue weighted by atomic mass is 16.1. The molecule has 0 atom stereocenters. The van der Waals surface area contributed by atoms with Crippen LogP contribution in [0.15, 0.2) is 0 Å². The average Bonchev–Trinajstić information content (AvgIpc) is 2.42. The minimum Gasteiger partial charge on any atom is -0.299 e. The molecular weight excluding hydrogens is 220 g/mol. The SMILES string of the molecule is CCCCCCCCCCC(=O)C1CCCCC1. The number of hydrogen-bond acceptors (Lipinski definition) is 1. The Bertz CT molecular complexity index is 204. The van der Waals surface area contributed by atoms with Crippen LogP contribution in [0.4, 0.5) is 0 Å². The van der Waals surface area contributed by atoms with Gasteiger partial charge in [-0.2, -0.15) is 0 Å². The normalized spacial score (nSPS) is 16.9. The molecule has 106 valence electrons. The van der Waals surface area contributed by atoms with E-state index in [1.165, 1.54) is 77.0 Å². The Kier molecular flexibility index (Phi) is 9.24. The molecule has 0 aromatic carbocycles. The zero-order chi connectivity index (χ0) is 13.1. The molecule has 0 aliphatic heterocycles. The summed E-state index contributed by atoms with van der Waals surface area (Å²) in [5, 5.41) is 0. The highest BCUT2D eigenvalue weighted by Crippen LogP contribution is 2.26.